The molecule has 1 aromatic carbocycles. The number of aliphatic hydroxyl groups is 1. The average molecular weight is 237 g/mol. The van der Waals surface area contributed by atoms with Gasteiger partial charge in [-0.15, -0.1) is 0 Å². The third kappa shape index (κ3) is 1.98. The molecule has 0 saturated heterocycles. The molecule has 0 aromatic heterocycles. The Balaban J connectivity index is 2.50. The number of aliphatic hydroxyl groups excluding tert-OH is 1. The monoisotopic (exact) mass is 237 g/mol. The third-order valence-corrected chi connectivity index (χ3v) is 3.41. The lowest BCUT2D eigenvalue weighted by atomic mass is 9.96. The summed E-state index contributed by atoms with van der Waals surface area (Å²) in [5.74, 6) is 1.71. The standard InChI is InChI=1S/C13H19NO3/c1-16-11-4-3-9-10(15)7-8(5-6-14)12(9)13(11)17-2/h3-4,8,10,15H,5-7,14H2,1-2H3. The molecule has 0 aliphatic heterocycles. The van der Waals surface area contributed by atoms with Crippen LogP contribution in [0, 0.1) is 0 Å². The highest BCUT2D eigenvalue weighted by molar-refractivity contribution is 5.55. The maximum Gasteiger partial charge on any atom is 0.164 e. The van der Waals surface area contributed by atoms with Gasteiger partial charge >= 0.3 is 0 Å². The normalized spacial score (nSPS) is 22.4. The predicted octanol–water partition coefficient (Wildman–Crippen LogP) is 1.57. The molecule has 1 aromatic rings. The van der Waals surface area contributed by atoms with E-state index in [4.69, 9.17) is 15.2 Å². The first-order valence-electron chi connectivity index (χ1n) is 5.85. The summed E-state index contributed by atoms with van der Waals surface area (Å²) in [5, 5.41) is 10.0. The van der Waals surface area contributed by atoms with E-state index in [1.165, 1.54) is 0 Å². The number of fused-ring (bicyclic) bond motifs is 1. The van der Waals surface area contributed by atoms with Crippen LogP contribution in [0.2, 0.25) is 0 Å². The highest BCUT2D eigenvalue weighted by atomic mass is 16.5. The second kappa shape index (κ2) is 4.94. The molecule has 0 radical (unpaired) electrons. The molecule has 2 unspecified atom stereocenters. The highest BCUT2D eigenvalue weighted by Crippen LogP contribution is 2.49. The van der Waals surface area contributed by atoms with Crippen molar-refractivity contribution in [3.8, 4) is 11.5 Å². The fourth-order valence-electron chi connectivity index (χ4n) is 2.66. The minimum atomic E-state index is -0.415. The van der Waals surface area contributed by atoms with E-state index in [1.807, 2.05) is 12.1 Å². The molecule has 2 atom stereocenters. The van der Waals surface area contributed by atoms with E-state index < -0.39 is 6.10 Å². The Morgan fingerprint density at radius 1 is 1.35 bits per heavy atom. The Hall–Kier alpha value is -1.26. The molecule has 0 bridgehead atoms. The van der Waals surface area contributed by atoms with Crippen LogP contribution in [0.4, 0.5) is 0 Å². The molecular formula is C13H19NO3. The average Bonchev–Trinajstić information content (AvgIpc) is 2.66. The van der Waals surface area contributed by atoms with E-state index in [2.05, 4.69) is 0 Å². The molecule has 1 aliphatic rings. The Morgan fingerprint density at radius 2 is 2.12 bits per heavy atom. The van der Waals surface area contributed by atoms with Crippen LogP contribution in [0.1, 0.15) is 36.0 Å². The van der Waals surface area contributed by atoms with Crippen LogP contribution >= 0.6 is 0 Å². The van der Waals surface area contributed by atoms with Gasteiger partial charge in [-0.05, 0) is 36.9 Å². The fourth-order valence-corrected chi connectivity index (χ4v) is 2.66. The van der Waals surface area contributed by atoms with Crippen molar-refractivity contribution in [2.45, 2.75) is 24.9 Å². The minimum Gasteiger partial charge on any atom is -0.493 e. The summed E-state index contributed by atoms with van der Waals surface area (Å²) in [5.41, 5.74) is 7.62. The Labute approximate surface area is 101 Å². The van der Waals surface area contributed by atoms with Gasteiger partial charge in [-0.2, -0.15) is 0 Å². The smallest absolute Gasteiger partial charge is 0.164 e. The third-order valence-electron chi connectivity index (χ3n) is 3.41. The van der Waals surface area contributed by atoms with Gasteiger partial charge in [0.25, 0.3) is 0 Å². The first-order chi connectivity index (χ1) is 8.22. The summed E-state index contributed by atoms with van der Waals surface area (Å²) in [6.45, 7) is 0.608. The molecule has 94 valence electrons. The summed E-state index contributed by atoms with van der Waals surface area (Å²) in [4.78, 5) is 0. The van der Waals surface area contributed by atoms with Gasteiger partial charge in [0.05, 0.1) is 20.3 Å². The zero-order valence-corrected chi connectivity index (χ0v) is 10.3. The first-order valence-corrected chi connectivity index (χ1v) is 5.85. The van der Waals surface area contributed by atoms with E-state index in [0.717, 1.165) is 29.7 Å². The van der Waals surface area contributed by atoms with Gasteiger partial charge in [0, 0.05) is 5.56 Å². The van der Waals surface area contributed by atoms with Crippen LogP contribution in [0.25, 0.3) is 0 Å². The number of hydrogen-bond acceptors (Lipinski definition) is 4. The molecule has 17 heavy (non-hydrogen) atoms. The highest BCUT2D eigenvalue weighted by Gasteiger charge is 2.33. The summed E-state index contributed by atoms with van der Waals surface area (Å²) in [6.07, 6.45) is 1.16. The molecular weight excluding hydrogens is 218 g/mol. The molecule has 3 N–H and O–H groups in total. The van der Waals surface area contributed by atoms with Crippen molar-refractivity contribution in [2.75, 3.05) is 20.8 Å². The number of ether oxygens (including phenoxy) is 2. The Bertz CT molecular complexity index is 406. The van der Waals surface area contributed by atoms with Crippen LogP contribution in [-0.2, 0) is 0 Å². The van der Waals surface area contributed by atoms with Gasteiger partial charge in [0.15, 0.2) is 11.5 Å². The number of methoxy groups -OCH3 is 2. The van der Waals surface area contributed by atoms with Crippen molar-refractivity contribution < 1.29 is 14.6 Å². The van der Waals surface area contributed by atoms with Gasteiger partial charge in [-0.25, -0.2) is 0 Å². The van der Waals surface area contributed by atoms with Crippen molar-refractivity contribution in [3.63, 3.8) is 0 Å². The van der Waals surface area contributed by atoms with Gasteiger partial charge in [0.2, 0.25) is 0 Å². The molecule has 0 heterocycles. The van der Waals surface area contributed by atoms with Gasteiger partial charge in [0.1, 0.15) is 0 Å². The lowest BCUT2D eigenvalue weighted by Gasteiger charge is -2.16. The van der Waals surface area contributed by atoms with E-state index in [-0.39, 0.29) is 5.92 Å². The fraction of sp³-hybridized carbons (Fsp3) is 0.538. The molecule has 1 aliphatic carbocycles. The van der Waals surface area contributed by atoms with Crippen LogP contribution in [0.3, 0.4) is 0 Å². The zero-order chi connectivity index (χ0) is 12.4. The molecule has 2 rings (SSSR count). The van der Waals surface area contributed by atoms with Crippen LogP contribution in [0.15, 0.2) is 12.1 Å². The Kier molecular flexibility index (Phi) is 3.54. The van der Waals surface area contributed by atoms with Crippen LogP contribution in [0.5, 0.6) is 11.5 Å². The van der Waals surface area contributed by atoms with E-state index >= 15 is 0 Å². The lowest BCUT2D eigenvalue weighted by Crippen LogP contribution is -2.06. The lowest BCUT2D eigenvalue weighted by molar-refractivity contribution is 0.172. The molecule has 4 nitrogen and oxygen atoms in total. The summed E-state index contributed by atoms with van der Waals surface area (Å²) >= 11 is 0. The Morgan fingerprint density at radius 3 is 2.71 bits per heavy atom. The minimum absolute atomic E-state index is 0.259. The predicted molar refractivity (Wildman–Crippen MR) is 65.5 cm³/mol. The van der Waals surface area contributed by atoms with Gasteiger partial charge in [-0.1, -0.05) is 6.07 Å². The van der Waals surface area contributed by atoms with Gasteiger partial charge < -0.3 is 20.3 Å². The van der Waals surface area contributed by atoms with Crippen LogP contribution < -0.4 is 15.2 Å². The largest absolute Gasteiger partial charge is 0.493 e. The molecule has 0 fully saturated rings. The first kappa shape index (κ1) is 12.2. The van der Waals surface area contributed by atoms with Crippen molar-refractivity contribution >= 4 is 0 Å². The summed E-state index contributed by atoms with van der Waals surface area (Å²) < 4.78 is 10.7. The molecule has 0 spiro atoms. The molecule has 4 heteroatoms. The van der Waals surface area contributed by atoms with Crippen molar-refractivity contribution in [3.05, 3.63) is 23.3 Å². The van der Waals surface area contributed by atoms with Crippen molar-refractivity contribution in [1.82, 2.24) is 0 Å². The maximum absolute atomic E-state index is 10.0. The number of rotatable bonds is 4. The van der Waals surface area contributed by atoms with Crippen LogP contribution in [-0.4, -0.2) is 25.9 Å². The van der Waals surface area contributed by atoms with E-state index in [9.17, 15) is 5.11 Å². The van der Waals surface area contributed by atoms with Crippen molar-refractivity contribution in [2.24, 2.45) is 5.73 Å². The number of hydrogen-bond donors (Lipinski definition) is 2. The maximum atomic E-state index is 10.0. The van der Waals surface area contributed by atoms with Crippen molar-refractivity contribution in [1.29, 1.82) is 0 Å². The van der Waals surface area contributed by atoms with Gasteiger partial charge in [-0.3, -0.25) is 0 Å². The summed E-state index contributed by atoms with van der Waals surface area (Å²) in [7, 11) is 3.25. The van der Waals surface area contributed by atoms with E-state index in [1.54, 1.807) is 14.2 Å². The van der Waals surface area contributed by atoms with E-state index in [0.29, 0.717) is 12.3 Å². The second-order valence-corrected chi connectivity index (χ2v) is 4.33. The number of nitrogens with two attached hydrogens (primary N) is 1. The SMILES string of the molecule is COc1ccc2c(c1OC)C(CCN)CC2O. The topological polar surface area (TPSA) is 64.7 Å². The quantitative estimate of drug-likeness (QED) is 0.834. The molecule has 0 amide bonds. The second-order valence-electron chi connectivity index (χ2n) is 4.33. The summed E-state index contributed by atoms with van der Waals surface area (Å²) in [6, 6.07) is 3.75. The number of benzene rings is 1. The zero-order valence-electron chi connectivity index (χ0n) is 10.3. The molecule has 0 saturated carbocycles.